The van der Waals surface area contributed by atoms with Crippen LogP contribution in [0, 0.1) is 0 Å². The van der Waals surface area contributed by atoms with Crippen LogP contribution in [0.1, 0.15) is 90.7 Å². The van der Waals surface area contributed by atoms with Crippen molar-refractivity contribution < 1.29 is 141 Å². The summed E-state index contributed by atoms with van der Waals surface area (Å²) in [6.07, 6.45) is -5.36. The minimum Gasteiger partial charge on any atom is -0.756 e. The number of H-pyrrole nitrogens is 1. The first-order chi connectivity index (χ1) is 30.2. The van der Waals surface area contributed by atoms with E-state index in [1.54, 1.807) is 7.05 Å². The van der Waals surface area contributed by atoms with E-state index in [4.69, 9.17) is 9.47 Å². The zero-order valence-corrected chi connectivity index (χ0v) is 44.7. The molecule has 1 aromatic heterocycles. The second-order valence-corrected chi connectivity index (χ2v) is 17.6. The van der Waals surface area contributed by atoms with Crippen LogP contribution < -0.4 is 101 Å². The zero-order chi connectivity index (χ0) is 48.5. The first-order valence-corrected chi connectivity index (χ1v) is 24.0. The van der Waals surface area contributed by atoms with Crippen molar-refractivity contribution in [3.63, 3.8) is 0 Å². The molecule has 0 aliphatic carbocycles. The van der Waals surface area contributed by atoms with E-state index >= 15 is 0 Å². The van der Waals surface area contributed by atoms with Crippen LogP contribution >= 0.6 is 15.6 Å². The van der Waals surface area contributed by atoms with Gasteiger partial charge < -0.3 is 70.6 Å². The molecule has 2 fully saturated rings. The van der Waals surface area contributed by atoms with Crippen molar-refractivity contribution in [2.24, 2.45) is 0 Å². The molecule has 0 spiro atoms. The molecule has 8 unspecified atom stereocenters. The number of hydrogen-bond donors (Lipinski definition) is 10. The third-order valence-electron chi connectivity index (χ3n) is 9.64. The molecule has 2 aliphatic rings. The summed E-state index contributed by atoms with van der Waals surface area (Å²) in [7, 11) is -6.26. The van der Waals surface area contributed by atoms with Gasteiger partial charge in [0.05, 0.1) is 13.2 Å². The second kappa shape index (κ2) is 36.3. The number of carbonyl (C=O) groups excluding carboxylic acids is 3. The van der Waals surface area contributed by atoms with Crippen LogP contribution in [0.2, 0.25) is 0 Å². The topological polar surface area (TPSA) is 382 Å². The summed E-state index contributed by atoms with van der Waals surface area (Å²) in [5.74, 6) is 0.0726. The first kappa shape index (κ1) is 67.4. The minimum atomic E-state index is -5.98. The molecule has 11 atom stereocenters. The summed E-state index contributed by atoms with van der Waals surface area (Å²) in [6.45, 7) is 4.42. The predicted molar refractivity (Wildman–Crippen MR) is 224 cm³/mol. The molecule has 2 aliphatic heterocycles. The van der Waals surface area contributed by atoms with E-state index in [2.05, 4.69) is 34.6 Å². The summed E-state index contributed by atoms with van der Waals surface area (Å²) in [5.41, 5.74) is -1.79. The Morgan fingerprint density at radius 1 is 0.758 bits per heavy atom. The number of ketones is 2. The smallest absolute Gasteiger partial charge is 0.756 e. The number of ether oxygens (including phenoxy) is 2. The Hall–Kier alpha value is -0.650. The average molecular weight is 1010 g/mol. The van der Waals surface area contributed by atoms with Crippen molar-refractivity contribution >= 4 is 33.1 Å². The SMILES string of the molecule is CCC(=O)CCCCNC.CCC(=O)CCCCNC.CNCCCCC(=O)N[C@H]1C(O)[C@@H](O)C(CO)O[C@@H]1OP(=O)([O-])OP(=O)([O-])OCC1OC(n2ccc(=O)[nH]c2=O)C(O)C1O.[Na+].[Na+]. The van der Waals surface area contributed by atoms with E-state index in [9.17, 15) is 68.4 Å². The van der Waals surface area contributed by atoms with Crippen molar-refractivity contribution in [2.45, 2.75) is 140 Å². The minimum absolute atomic E-state index is 0. The maximum absolute atomic E-state index is 12.5. The predicted octanol–water partition coefficient (Wildman–Crippen LogP) is -8.83. The molecular weight excluding hydrogens is 940 g/mol. The van der Waals surface area contributed by atoms with E-state index in [-0.39, 0.29) is 65.5 Å². The van der Waals surface area contributed by atoms with Gasteiger partial charge in [0.1, 0.15) is 54.2 Å². The Morgan fingerprint density at radius 2 is 1.26 bits per heavy atom. The van der Waals surface area contributed by atoms with Crippen LogP contribution in [0.5, 0.6) is 0 Å². The van der Waals surface area contributed by atoms with Gasteiger partial charge >= 0.3 is 64.8 Å². The monoisotopic (exact) mass is 1010 g/mol. The number of Topliss-reactive ketones (excluding diaryl/α,β-unsaturated/α-hetero) is 2. The van der Waals surface area contributed by atoms with Gasteiger partial charge in [-0.1, -0.05) is 13.8 Å². The molecule has 29 heteroatoms. The molecule has 0 saturated carbocycles. The van der Waals surface area contributed by atoms with E-state index in [0.29, 0.717) is 48.4 Å². The third kappa shape index (κ3) is 26.0. The number of nitrogens with one attached hydrogen (secondary N) is 5. The number of rotatable bonds is 27. The maximum Gasteiger partial charge on any atom is 1.00 e. The van der Waals surface area contributed by atoms with Crippen LogP contribution in [-0.2, 0) is 46.3 Å². The Labute approximate surface area is 428 Å². The number of phosphoric acid groups is 2. The van der Waals surface area contributed by atoms with Crippen molar-refractivity contribution in [3.05, 3.63) is 33.1 Å². The summed E-state index contributed by atoms with van der Waals surface area (Å²) in [5, 5.41) is 61.7. The number of carbonyl (C=O) groups is 3. The van der Waals surface area contributed by atoms with E-state index < -0.39 is 101 Å². The summed E-state index contributed by atoms with van der Waals surface area (Å²) in [4.78, 5) is 83.9. The fourth-order valence-electron chi connectivity index (χ4n) is 5.95. The Balaban J connectivity index is 0. The van der Waals surface area contributed by atoms with Gasteiger partial charge in [-0.05, 0) is 79.3 Å². The molecule has 2 saturated heterocycles. The van der Waals surface area contributed by atoms with Crippen molar-refractivity contribution in [1.29, 1.82) is 0 Å². The first-order valence-electron chi connectivity index (χ1n) is 21.1. The van der Waals surface area contributed by atoms with Crippen molar-refractivity contribution in [1.82, 2.24) is 30.8 Å². The molecular formula is C37H68N6Na2O19P2. The molecule has 3 rings (SSSR count). The van der Waals surface area contributed by atoms with Gasteiger partial charge in [0, 0.05) is 44.4 Å². The number of amides is 1. The van der Waals surface area contributed by atoms with Gasteiger partial charge in [-0.25, -0.2) is 9.11 Å². The van der Waals surface area contributed by atoms with E-state index in [1.165, 1.54) is 0 Å². The molecule has 25 nitrogen and oxygen atoms in total. The van der Waals surface area contributed by atoms with Crippen LogP contribution in [0.15, 0.2) is 21.9 Å². The number of aromatic amines is 1. The van der Waals surface area contributed by atoms with Gasteiger partial charge in [0.25, 0.3) is 21.2 Å². The van der Waals surface area contributed by atoms with Crippen LogP contribution in [-0.4, -0.2) is 156 Å². The largest absolute Gasteiger partial charge is 1.00 e. The summed E-state index contributed by atoms with van der Waals surface area (Å²) >= 11 is 0. The fourth-order valence-corrected chi connectivity index (χ4v) is 8.04. The summed E-state index contributed by atoms with van der Waals surface area (Å²) in [6, 6.07) is -0.849. The number of phosphoric ester groups is 2. The number of nitrogens with zero attached hydrogens (tertiary/aromatic N) is 1. The normalized spacial score (nSPS) is 25.2. The summed E-state index contributed by atoms with van der Waals surface area (Å²) < 4.78 is 49.1. The quantitative estimate of drug-likeness (QED) is 0.0222. The molecule has 372 valence electrons. The Kier molecular flexibility index (Phi) is 37.1. The molecule has 10 N–H and O–H groups in total. The second-order valence-electron chi connectivity index (χ2n) is 14.7. The van der Waals surface area contributed by atoms with Gasteiger partial charge in [-0.3, -0.25) is 42.4 Å². The van der Waals surface area contributed by atoms with Gasteiger partial charge in [-0.15, -0.1) is 0 Å². The maximum atomic E-state index is 12.5. The molecule has 1 aromatic rings. The standard InChI is InChI=1S/C21H36N4O17P2.2C8H17NO.2Na/c1-22-6-3-2-4-12(27)23-14-17(31)15(29)10(8-26)40-20(14)41-44(36,37)42-43(34,35)38-9-11-16(30)18(32)19(39-11)25-7-5-13(28)24-21(25)33;2*1-3-8(10)6-4-5-7-9-2;;/h5,7,10-11,14-20,22,26,29-32H,2-4,6,8-9H2,1H3,(H,23,27)(H,34,35)(H,36,37)(H,24,28,33);2*9H,3-7H2,1-2H3;;/q;;;2*+1/p-2/t10?,11?,14-,15-,16?,17?,18?,19?,20+;;;;/m0..../s1. The van der Waals surface area contributed by atoms with E-state index in [1.807, 2.05) is 32.9 Å². The average Bonchev–Trinajstić information content (AvgIpc) is 3.53. The number of aromatic nitrogens is 2. The molecule has 0 aromatic carbocycles. The Morgan fingerprint density at radius 3 is 1.73 bits per heavy atom. The van der Waals surface area contributed by atoms with Crippen LogP contribution in [0.3, 0.4) is 0 Å². The van der Waals surface area contributed by atoms with Gasteiger partial charge in [0.2, 0.25) is 5.91 Å². The van der Waals surface area contributed by atoms with Crippen molar-refractivity contribution in [2.75, 3.05) is 54.0 Å². The van der Waals surface area contributed by atoms with Gasteiger partial charge in [-0.2, -0.15) is 0 Å². The molecule has 3 heterocycles. The number of unbranched alkanes of at least 4 members (excludes halogenated alkanes) is 3. The number of aliphatic hydroxyl groups is 5. The Bertz CT molecular complexity index is 1730. The van der Waals surface area contributed by atoms with Crippen LogP contribution in [0.25, 0.3) is 0 Å². The molecule has 1 amide bonds. The third-order valence-corrected chi connectivity index (χ3v) is 12.2. The molecule has 0 bridgehead atoms. The molecule has 0 radical (unpaired) electrons. The van der Waals surface area contributed by atoms with Gasteiger partial charge in [0.15, 0.2) is 12.5 Å². The van der Waals surface area contributed by atoms with E-state index in [0.717, 1.165) is 63.9 Å². The fraction of sp³-hybridized carbons (Fsp3) is 0.811. The molecule has 66 heavy (non-hydrogen) atoms. The van der Waals surface area contributed by atoms with Crippen molar-refractivity contribution in [3.8, 4) is 0 Å². The number of hydrogen-bond acceptors (Lipinski definition) is 22. The zero-order valence-electron chi connectivity index (χ0n) is 39.0. The van der Waals surface area contributed by atoms with Crippen LogP contribution in [0.4, 0.5) is 0 Å². The number of aliphatic hydroxyl groups excluding tert-OH is 5.